The van der Waals surface area contributed by atoms with Gasteiger partial charge in [-0.15, -0.1) is 0 Å². The zero-order valence-corrected chi connectivity index (χ0v) is 5.53. The van der Waals surface area contributed by atoms with Crippen molar-refractivity contribution in [1.82, 2.24) is 5.48 Å². The SMILES string of the molecule is CC1(C)CCCNO1. The van der Waals surface area contributed by atoms with Crippen LogP contribution in [0.2, 0.25) is 0 Å². The lowest BCUT2D eigenvalue weighted by Gasteiger charge is -2.29. The molecule has 0 radical (unpaired) electrons. The number of rotatable bonds is 0. The molecular formula is C6H13NO. The molecule has 0 aromatic rings. The summed E-state index contributed by atoms with van der Waals surface area (Å²) in [7, 11) is 0. The zero-order chi connectivity index (χ0) is 6.04. The Morgan fingerprint density at radius 2 is 2.25 bits per heavy atom. The molecule has 0 amide bonds. The second-order valence-corrected chi connectivity index (χ2v) is 2.86. The van der Waals surface area contributed by atoms with Gasteiger partial charge in [-0.2, -0.15) is 0 Å². The molecule has 1 aliphatic rings. The molecule has 0 bridgehead atoms. The summed E-state index contributed by atoms with van der Waals surface area (Å²) in [5.41, 5.74) is 2.94. The molecule has 1 rings (SSSR count). The molecule has 1 saturated heterocycles. The van der Waals surface area contributed by atoms with Crippen molar-refractivity contribution in [3.63, 3.8) is 0 Å². The van der Waals surface area contributed by atoms with E-state index in [1.165, 1.54) is 12.8 Å². The van der Waals surface area contributed by atoms with Gasteiger partial charge in [0.2, 0.25) is 0 Å². The lowest BCUT2D eigenvalue weighted by atomic mass is 10.0. The average Bonchev–Trinajstić information content (AvgIpc) is 1.65. The summed E-state index contributed by atoms with van der Waals surface area (Å²) >= 11 is 0. The lowest BCUT2D eigenvalue weighted by molar-refractivity contribution is -0.113. The second-order valence-electron chi connectivity index (χ2n) is 2.86. The molecule has 48 valence electrons. The van der Waals surface area contributed by atoms with E-state index in [0.29, 0.717) is 0 Å². The fourth-order valence-corrected chi connectivity index (χ4v) is 0.884. The van der Waals surface area contributed by atoms with E-state index >= 15 is 0 Å². The van der Waals surface area contributed by atoms with Crippen molar-refractivity contribution in [2.45, 2.75) is 32.3 Å². The highest BCUT2D eigenvalue weighted by Crippen LogP contribution is 2.17. The summed E-state index contributed by atoms with van der Waals surface area (Å²) < 4.78 is 0. The van der Waals surface area contributed by atoms with E-state index in [9.17, 15) is 0 Å². The van der Waals surface area contributed by atoms with Crippen LogP contribution < -0.4 is 5.48 Å². The van der Waals surface area contributed by atoms with Crippen LogP contribution in [-0.2, 0) is 4.84 Å². The van der Waals surface area contributed by atoms with Crippen molar-refractivity contribution in [2.75, 3.05) is 6.54 Å². The summed E-state index contributed by atoms with van der Waals surface area (Å²) in [5.74, 6) is 0. The van der Waals surface area contributed by atoms with Gasteiger partial charge in [-0.05, 0) is 26.7 Å². The molecule has 1 N–H and O–H groups in total. The van der Waals surface area contributed by atoms with Crippen LogP contribution in [0, 0.1) is 0 Å². The van der Waals surface area contributed by atoms with Gasteiger partial charge in [-0.1, -0.05) is 0 Å². The Balaban J connectivity index is 2.33. The fourth-order valence-electron chi connectivity index (χ4n) is 0.884. The topological polar surface area (TPSA) is 21.3 Å². The van der Waals surface area contributed by atoms with Crippen molar-refractivity contribution < 1.29 is 4.84 Å². The Hall–Kier alpha value is -0.0800. The maximum Gasteiger partial charge on any atom is 0.0841 e. The first kappa shape index (κ1) is 6.05. The third-order valence-electron chi connectivity index (χ3n) is 1.41. The monoisotopic (exact) mass is 115 g/mol. The highest BCUT2D eigenvalue weighted by molar-refractivity contribution is 4.70. The minimum Gasteiger partial charge on any atom is -0.296 e. The van der Waals surface area contributed by atoms with Crippen LogP contribution in [0.1, 0.15) is 26.7 Å². The van der Waals surface area contributed by atoms with Gasteiger partial charge in [0.05, 0.1) is 5.60 Å². The van der Waals surface area contributed by atoms with Gasteiger partial charge in [0.1, 0.15) is 0 Å². The molecule has 0 aliphatic carbocycles. The minimum atomic E-state index is 0.0677. The number of nitrogens with one attached hydrogen (secondary N) is 1. The van der Waals surface area contributed by atoms with Crippen molar-refractivity contribution in [2.24, 2.45) is 0 Å². The molecule has 8 heavy (non-hydrogen) atoms. The third-order valence-corrected chi connectivity index (χ3v) is 1.41. The van der Waals surface area contributed by atoms with Gasteiger partial charge in [-0.3, -0.25) is 4.84 Å². The van der Waals surface area contributed by atoms with E-state index in [2.05, 4.69) is 19.3 Å². The predicted octanol–water partition coefficient (Wildman–Crippen LogP) is 1.08. The quantitative estimate of drug-likeness (QED) is 0.510. The van der Waals surface area contributed by atoms with Crippen LogP contribution in [0.5, 0.6) is 0 Å². The molecule has 0 spiro atoms. The van der Waals surface area contributed by atoms with Crippen LogP contribution in [0.25, 0.3) is 0 Å². The normalized spacial score (nSPS) is 27.8. The Morgan fingerprint density at radius 1 is 1.50 bits per heavy atom. The standard InChI is InChI=1S/C6H13NO/c1-6(2)4-3-5-7-8-6/h7H,3-5H2,1-2H3. The van der Waals surface area contributed by atoms with Crippen molar-refractivity contribution in [3.8, 4) is 0 Å². The van der Waals surface area contributed by atoms with Crippen LogP contribution >= 0.6 is 0 Å². The van der Waals surface area contributed by atoms with E-state index in [0.717, 1.165) is 6.54 Å². The fraction of sp³-hybridized carbons (Fsp3) is 1.00. The zero-order valence-electron chi connectivity index (χ0n) is 5.53. The minimum absolute atomic E-state index is 0.0677. The van der Waals surface area contributed by atoms with Crippen LogP contribution in [-0.4, -0.2) is 12.1 Å². The second kappa shape index (κ2) is 2.03. The highest BCUT2D eigenvalue weighted by Gasteiger charge is 2.21. The highest BCUT2D eigenvalue weighted by atomic mass is 16.7. The molecule has 0 atom stereocenters. The first-order valence-corrected chi connectivity index (χ1v) is 3.12. The first-order chi connectivity index (χ1) is 3.71. The molecule has 2 nitrogen and oxygen atoms in total. The summed E-state index contributed by atoms with van der Waals surface area (Å²) in [5, 5.41) is 0. The maximum absolute atomic E-state index is 5.22. The largest absolute Gasteiger partial charge is 0.296 e. The van der Waals surface area contributed by atoms with Crippen molar-refractivity contribution in [3.05, 3.63) is 0 Å². The summed E-state index contributed by atoms with van der Waals surface area (Å²) in [4.78, 5) is 5.22. The van der Waals surface area contributed by atoms with Gasteiger partial charge >= 0.3 is 0 Å². The lowest BCUT2D eigenvalue weighted by Crippen LogP contribution is -2.38. The summed E-state index contributed by atoms with van der Waals surface area (Å²) in [6.07, 6.45) is 2.40. The number of hydroxylamine groups is 1. The van der Waals surface area contributed by atoms with Crippen LogP contribution in [0.4, 0.5) is 0 Å². The van der Waals surface area contributed by atoms with Gasteiger partial charge < -0.3 is 0 Å². The Morgan fingerprint density at radius 3 is 2.50 bits per heavy atom. The number of hydrogen-bond donors (Lipinski definition) is 1. The van der Waals surface area contributed by atoms with Crippen LogP contribution in [0.15, 0.2) is 0 Å². The molecule has 0 aromatic heterocycles. The van der Waals surface area contributed by atoms with E-state index in [-0.39, 0.29) is 5.60 Å². The van der Waals surface area contributed by atoms with Crippen molar-refractivity contribution >= 4 is 0 Å². The Kier molecular flexibility index (Phi) is 1.54. The van der Waals surface area contributed by atoms with Crippen molar-refractivity contribution in [1.29, 1.82) is 0 Å². The molecule has 1 heterocycles. The van der Waals surface area contributed by atoms with Gasteiger partial charge in [0.15, 0.2) is 0 Å². The van der Waals surface area contributed by atoms with E-state index in [4.69, 9.17) is 4.84 Å². The van der Waals surface area contributed by atoms with Gasteiger partial charge in [-0.25, -0.2) is 5.48 Å². The van der Waals surface area contributed by atoms with Gasteiger partial charge in [0, 0.05) is 6.54 Å². The molecule has 0 unspecified atom stereocenters. The molecule has 0 aromatic carbocycles. The summed E-state index contributed by atoms with van der Waals surface area (Å²) in [6, 6.07) is 0. The Bertz CT molecular complexity index is 72.6. The van der Waals surface area contributed by atoms with E-state index in [1.54, 1.807) is 0 Å². The molecule has 2 heteroatoms. The molecule has 1 aliphatic heterocycles. The Labute approximate surface area is 50.2 Å². The predicted molar refractivity (Wildman–Crippen MR) is 32.4 cm³/mol. The first-order valence-electron chi connectivity index (χ1n) is 3.12. The maximum atomic E-state index is 5.22. The molecule has 1 fully saturated rings. The molecule has 0 saturated carbocycles. The van der Waals surface area contributed by atoms with E-state index in [1.807, 2.05) is 0 Å². The third kappa shape index (κ3) is 1.46. The van der Waals surface area contributed by atoms with Crippen LogP contribution in [0.3, 0.4) is 0 Å². The van der Waals surface area contributed by atoms with E-state index < -0.39 is 0 Å². The molecular weight excluding hydrogens is 102 g/mol. The number of hydrogen-bond acceptors (Lipinski definition) is 2. The van der Waals surface area contributed by atoms with Gasteiger partial charge in [0.25, 0.3) is 0 Å². The summed E-state index contributed by atoms with van der Waals surface area (Å²) in [6.45, 7) is 5.20. The smallest absolute Gasteiger partial charge is 0.0841 e. The average molecular weight is 115 g/mol.